The molecule has 0 amide bonds. The summed E-state index contributed by atoms with van der Waals surface area (Å²) in [5.41, 5.74) is 0.805. The number of aromatic hydroxyl groups is 1. The number of benzene rings is 1. The van der Waals surface area contributed by atoms with E-state index >= 15 is 0 Å². The number of phenols is 1. The zero-order valence-electron chi connectivity index (χ0n) is 13.4. The summed E-state index contributed by atoms with van der Waals surface area (Å²) >= 11 is 1.27. The van der Waals surface area contributed by atoms with Crippen LogP contribution in [-0.4, -0.2) is 27.9 Å². The number of aromatic nitrogens is 2. The maximum absolute atomic E-state index is 12.1. The molecule has 2 aromatic rings. The van der Waals surface area contributed by atoms with Gasteiger partial charge in [-0.15, -0.1) is 6.58 Å². The zero-order chi connectivity index (χ0) is 17.7. The molecular formula is C17H17N3O3S. The predicted octanol–water partition coefficient (Wildman–Crippen LogP) is 2.86. The van der Waals surface area contributed by atoms with Crippen molar-refractivity contribution in [2.24, 2.45) is 0 Å². The molecule has 24 heavy (non-hydrogen) atoms. The number of phenolic OH excluding ortho intramolecular Hbond substituents is 1. The zero-order valence-corrected chi connectivity index (χ0v) is 14.2. The highest BCUT2D eigenvalue weighted by molar-refractivity contribution is 7.98. The molecule has 0 aliphatic rings. The van der Waals surface area contributed by atoms with Crippen LogP contribution in [0.2, 0.25) is 0 Å². The number of aromatic amines is 1. The Balaban J connectivity index is 2.76. The third-order valence-corrected chi connectivity index (χ3v) is 3.87. The highest BCUT2D eigenvalue weighted by Crippen LogP contribution is 2.36. The van der Waals surface area contributed by atoms with Gasteiger partial charge in [-0.05, 0) is 31.7 Å². The van der Waals surface area contributed by atoms with Crippen LogP contribution in [0.25, 0.3) is 11.3 Å². The second-order valence-electron chi connectivity index (χ2n) is 4.82. The Labute approximate surface area is 143 Å². The lowest BCUT2D eigenvalue weighted by Gasteiger charge is -2.13. The molecular weight excluding hydrogens is 326 g/mol. The predicted molar refractivity (Wildman–Crippen MR) is 93.5 cm³/mol. The second kappa shape index (κ2) is 7.70. The normalized spacial score (nSPS) is 10.2. The molecule has 2 N–H and O–H groups in total. The van der Waals surface area contributed by atoms with Crippen LogP contribution in [0.3, 0.4) is 0 Å². The topological polar surface area (TPSA) is 99.0 Å². The fourth-order valence-corrected chi connectivity index (χ4v) is 2.62. The van der Waals surface area contributed by atoms with Crippen molar-refractivity contribution in [3.8, 4) is 28.8 Å². The Kier molecular flexibility index (Phi) is 5.66. The van der Waals surface area contributed by atoms with Crippen molar-refractivity contribution in [3.63, 3.8) is 0 Å². The third-order valence-electron chi connectivity index (χ3n) is 3.29. The van der Waals surface area contributed by atoms with Crippen LogP contribution in [-0.2, 0) is 6.42 Å². The molecule has 0 atom stereocenters. The highest BCUT2D eigenvalue weighted by atomic mass is 32.2. The smallest absolute Gasteiger partial charge is 0.270 e. The number of allylic oxidation sites excluding steroid dienone is 1. The van der Waals surface area contributed by atoms with E-state index in [1.807, 2.05) is 6.07 Å². The number of rotatable bonds is 6. The molecule has 0 bridgehead atoms. The van der Waals surface area contributed by atoms with Crippen LogP contribution in [0.5, 0.6) is 11.5 Å². The first kappa shape index (κ1) is 17.6. The second-order valence-corrected chi connectivity index (χ2v) is 5.61. The molecule has 0 aliphatic heterocycles. The van der Waals surface area contributed by atoms with E-state index in [-0.39, 0.29) is 22.8 Å². The summed E-state index contributed by atoms with van der Waals surface area (Å²) in [6.45, 7) is 5.84. The molecule has 0 fully saturated rings. The first-order chi connectivity index (χ1) is 11.5. The fraction of sp³-hybridized carbons (Fsp3) is 0.235. The molecule has 7 heteroatoms. The molecule has 0 saturated carbocycles. The van der Waals surface area contributed by atoms with Gasteiger partial charge in [0, 0.05) is 11.1 Å². The first-order valence-electron chi connectivity index (χ1n) is 7.24. The van der Waals surface area contributed by atoms with Crippen molar-refractivity contribution in [2.75, 3.05) is 12.9 Å². The monoisotopic (exact) mass is 343 g/mol. The molecule has 0 radical (unpaired) electrons. The molecule has 1 heterocycles. The van der Waals surface area contributed by atoms with Gasteiger partial charge in [-0.3, -0.25) is 4.79 Å². The van der Waals surface area contributed by atoms with Gasteiger partial charge in [-0.1, -0.05) is 17.8 Å². The minimum atomic E-state index is -0.497. The van der Waals surface area contributed by atoms with Crippen LogP contribution in [0.15, 0.2) is 34.7 Å². The van der Waals surface area contributed by atoms with E-state index in [0.717, 1.165) is 0 Å². The van der Waals surface area contributed by atoms with Crippen molar-refractivity contribution < 1.29 is 9.84 Å². The molecule has 0 saturated heterocycles. The lowest BCUT2D eigenvalue weighted by atomic mass is 10.0. The van der Waals surface area contributed by atoms with E-state index in [1.54, 1.807) is 31.4 Å². The summed E-state index contributed by atoms with van der Waals surface area (Å²) in [5.74, 6) is 0.303. The quantitative estimate of drug-likeness (QED) is 0.475. The van der Waals surface area contributed by atoms with E-state index in [0.29, 0.717) is 29.3 Å². The van der Waals surface area contributed by atoms with Crippen molar-refractivity contribution in [3.05, 3.63) is 46.3 Å². The number of nitrogens with one attached hydrogen (secondary N) is 1. The van der Waals surface area contributed by atoms with Gasteiger partial charge >= 0.3 is 0 Å². The van der Waals surface area contributed by atoms with Gasteiger partial charge in [-0.2, -0.15) is 5.26 Å². The van der Waals surface area contributed by atoms with Crippen LogP contribution in [0.1, 0.15) is 18.1 Å². The Morgan fingerprint density at radius 2 is 2.29 bits per heavy atom. The first-order valence-corrected chi connectivity index (χ1v) is 8.46. The SMILES string of the molecule is C=CCc1cc(-c2nc(SC)[nH]c(=O)c2C#N)cc(OCC)c1O. The van der Waals surface area contributed by atoms with Crippen LogP contribution < -0.4 is 10.3 Å². The van der Waals surface area contributed by atoms with Gasteiger partial charge in [0.15, 0.2) is 16.7 Å². The molecule has 1 aromatic carbocycles. The summed E-state index contributed by atoms with van der Waals surface area (Å²) in [6, 6.07) is 5.16. The molecule has 1 aromatic heterocycles. The summed E-state index contributed by atoms with van der Waals surface area (Å²) in [7, 11) is 0. The van der Waals surface area contributed by atoms with Crippen LogP contribution >= 0.6 is 11.8 Å². The van der Waals surface area contributed by atoms with Gasteiger partial charge in [0.25, 0.3) is 5.56 Å². The summed E-state index contributed by atoms with van der Waals surface area (Å²) in [6.07, 6.45) is 3.85. The molecule has 124 valence electrons. The number of ether oxygens (including phenoxy) is 1. The summed E-state index contributed by atoms with van der Waals surface area (Å²) < 4.78 is 5.46. The van der Waals surface area contributed by atoms with Gasteiger partial charge in [0.2, 0.25) is 0 Å². The lowest BCUT2D eigenvalue weighted by molar-refractivity contribution is 0.317. The van der Waals surface area contributed by atoms with Crippen molar-refractivity contribution in [1.29, 1.82) is 5.26 Å². The number of H-pyrrole nitrogens is 1. The number of nitrogens with zero attached hydrogens (tertiary/aromatic N) is 2. The molecule has 0 unspecified atom stereocenters. The minimum absolute atomic E-state index is 0.0222. The minimum Gasteiger partial charge on any atom is -0.504 e. The Morgan fingerprint density at radius 1 is 1.54 bits per heavy atom. The van der Waals surface area contributed by atoms with Gasteiger partial charge in [0.05, 0.1) is 12.3 Å². The largest absolute Gasteiger partial charge is 0.504 e. The lowest BCUT2D eigenvalue weighted by Crippen LogP contribution is -2.14. The highest BCUT2D eigenvalue weighted by Gasteiger charge is 2.17. The van der Waals surface area contributed by atoms with Crippen LogP contribution in [0, 0.1) is 11.3 Å². The maximum atomic E-state index is 12.1. The Hall–Kier alpha value is -2.72. The van der Waals surface area contributed by atoms with E-state index in [4.69, 9.17) is 4.74 Å². The molecule has 0 aliphatic carbocycles. The average molecular weight is 343 g/mol. The van der Waals surface area contributed by atoms with Crippen molar-refractivity contribution in [2.45, 2.75) is 18.5 Å². The summed E-state index contributed by atoms with van der Waals surface area (Å²) in [5, 5.41) is 20.0. The Morgan fingerprint density at radius 3 is 2.88 bits per heavy atom. The van der Waals surface area contributed by atoms with E-state index < -0.39 is 5.56 Å². The van der Waals surface area contributed by atoms with E-state index in [2.05, 4.69) is 16.5 Å². The number of hydrogen-bond acceptors (Lipinski definition) is 6. The van der Waals surface area contributed by atoms with E-state index in [9.17, 15) is 15.2 Å². The average Bonchev–Trinajstić information content (AvgIpc) is 2.57. The number of nitriles is 1. The number of hydrogen-bond donors (Lipinski definition) is 2. The maximum Gasteiger partial charge on any atom is 0.270 e. The van der Waals surface area contributed by atoms with Gasteiger partial charge in [0.1, 0.15) is 11.6 Å². The molecule has 2 rings (SSSR count). The Bertz CT molecular complexity index is 869. The van der Waals surface area contributed by atoms with Gasteiger partial charge in [-0.25, -0.2) is 4.98 Å². The molecule has 6 nitrogen and oxygen atoms in total. The number of thioether (sulfide) groups is 1. The van der Waals surface area contributed by atoms with Crippen molar-refractivity contribution >= 4 is 11.8 Å². The summed E-state index contributed by atoms with van der Waals surface area (Å²) in [4.78, 5) is 19.0. The van der Waals surface area contributed by atoms with Crippen LogP contribution in [0.4, 0.5) is 0 Å². The van der Waals surface area contributed by atoms with Crippen molar-refractivity contribution in [1.82, 2.24) is 9.97 Å². The fourth-order valence-electron chi connectivity index (χ4n) is 2.24. The standard InChI is InChI=1S/C17H17N3O3S/c1-4-6-10-7-11(8-13(15(10)21)23-5-2)14-12(9-18)16(22)20-17(19-14)24-3/h4,7-8,21H,1,5-6H2,2-3H3,(H,19,20,22). The van der Waals surface area contributed by atoms with Gasteiger partial charge < -0.3 is 14.8 Å². The van der Waals surface area contributed by atoms with E-state index in [1.165, 1.54) is 11.8 Å². The molecule has 0 spiro atoms. The third kappa shape index (κ3) is 3.44.